The molecule has 2 nitrogen and oxygen atoms in total. The second kappa shape index (κ2) is 4.29. The Kier molecular flexibility index (Phi) is 3.32. The minimum atomic E-state index is 0.650. The van der Waals surface area contributed by atoms with Crippen molar-refractivity contribution in [3.8, 4) is 0 Å². The zero-order chi connectivity index (χ0) is 8.97. The Labute approximate surface area is 74.6 Å². The Morgan fingerprint density at radius 1 is 1.50 bits per heavy atom. The van der Waals surface area contributed by atoms with Crippen molar-refractivity contribution >= 4 is 0 Å². The van der Waals surface area contributed by atoms with Crippen molar-refractivity contribution < 1.29 is 0 Å². The molecule has 0 bridgehead atoms. The summed E-state index contributed by atoms with van der Waals surface area (Å²) in [5.41, 5.74) is 0. The molecule has 1 aromatic rings. The first kappa shape index (κ1) is 9.30. The molecular weight excluding hydrogens is 148 g/mol. The first-order valence-electron chi connectivity index (χ1n) is 4.79. The third kappa shape index (κ3) is 1.87. The van der Waals surface area contributed by atoms with Gasteiger partial charge in [0.2, 0.25) is 0 Å². The molecule has 1 aromatic heterocycles. The maximum Gasteiger partial charge on any atom is 0.105 e. The van der Waals surface area contributed by atoms with Crippen LogP contribution in [0.3, 0.4) is 0 Å². The lowest BCUT2D eigenvalue weighted by atomic mass is 10.1. The van der Waals surface area contributed by atoms with Gasteiger partial charge in [-0.25, -0.2) is 4.98 Å². The Morgan fingerprint density at radius 2 is 2.25 bits per heavy atom. The Bertz CT molecular complexity index is 227. The number of aryl methyl sites for hydroxylation is 1. The lowest BCUT2D eigenvalue weighted by Gasteiger charge is -2.16. The number of hydrogen-bond donors (Lipinski definition) is 0. The van der Waals surface area contributed by atoms with Gasteiger partial charge in [0.05, 0.1) is 0 Å². The SMILES string of the molecule is CCCC(CC)n1ccnc1C. The minimum Gasteiger partial charge on any atom is -0.332 e. The van der Waals surface area contributed by atoms with Crippen LogP contribution in [0.15, 0.2) is 12.4 Å². The normalized spacial score (nSPS) is 13.2. The summed E-state index contributed by atoms with van der Waals surface area (Å²) in [6.07, 6.45) is 7.67. The van der Waals surface area contributed by atoms with E-state index in [0.29, 0.717) is 6.04 Å². The van der Waals surface area contributed by atoms with E-state index in [9.17, 15) is 0 Å². The Morgan fingerprint density at radius 3 is 2.67 bits per heavy atom. The number of hydrogen-bond acceptors (Lipinski definition) is 1. The predicted molar refractivity (Wildman–Crippen MR) is 51.2 cm³/mol. The first-order chi connectivity index (χ1) is 5.79. The van der Waals surface area contributed by atoms with Crippen LogP contribution in [-0.4, -0.2) is 9.55 Å². The van der Waals surface area contributed by atoms with Crippen molar-refractivity contribution in [1.29, 1.82) is 0 Å². The maximum atomic E-state index is 4.23. The zero-order valence-electron chi connectivity index (χ0n) is 8.25. The van der Waals surface area contributed by atoms with E-state index in [-0.39, 0.29) is 0 Å². The van der Waals surface area contributed by atoms with Crippen LogP contribution in [0.25, 0.3) is 0 Å². The van der Waals surface area contributed by atoms with Gasteiger partial charge in [-0.2, -0.15) is 0 Å². The van der Waals surface area contributed by atoms with E-state index >= 15 is 0 Å². The fourth-order valence-electron chi connectivity index (χ4n) is 1.65. The topological polar surface area (TPSA) is 17.8 Å². The average molecular weight is 166 g/mol. The molecule has 0 amide bonds. The highest BCUT2D eigenvalue weighted by molar-refractivity contribution is 4.91. The van der Waals surface area contributed by atoms with Gasteiger partial charge >= 0.3 is 0 Å². The summed E-state index contributed by atoms with van der Waals surface area (Å²) in [4.78, 5) is 4.23. The molecule has 1 atom stereocenters. The van der Waals surface area contributed by atoms with Crippen LogP contribution >= 0.6 is 0 Å². The third-order valence-electron chi connectivity index (χ3n) is 2.35. The lowest BCUT2D eigenvalue weighted by Crippen LogP contribution is -2.08. The molecule has 12 heavy (non-hydrogen) atoms. The largest absolute Gasteiger partial charge is 0.332 e. The van der Waals surface area contributed by atoms with E-state index in [1.54, 1.807) is 0 Å². The van der Waals surface area contributed by atoms with Crippen LogP contribution in [0, 0.1) is 6.92 Å². The van der Waals surface area contributed by atoms with Gasteiger partial charge in [0, 0.05) is 18.4 Å². The van der Waals surface area contributed by atoms with Gasteiger partial charge < -0.3 is 4.57 Å². The van der Waals surface area contributed by atoms with Crippen LogP contribution in [0.2, 0.25) is 0 Å². The van der Waals surface area contributed by atoms with Gasteiger partial charge in [0.15, 0.2) is 0 Å². The number of aromatic nitrogens is 2. The van der Waals surface area contributed by atoms with Crippen molar-refractivity contribution in [3.63, 3.8) is 0 Å². The third-order valence-corrected chi connectivity index (χ3v) is 2.35. The van der Waals surface area contributed by atoms with E-state index in [1.807, 2.05) is 6.20 Å². The van der Waals surface area contributed by atoms with Crippen LogP contribution in [0.1, 0.15) is 45.0 Å². The highest BCUT2D eigenvalue weighted by Crippen LogP contribution is 2.18. The second-order valence-corrected chi connectivity index (χ2v) is 3.23. The molecule has 0 aliphatic heterocycles. The van der Waals surface area contributed by atoms with Crippen LogP contribution in [-0.2, 0) is 0 Å². The van der Waals surface area contributed by atoms with Gasteiger partial charge in [0.25, 0.3) is 0 Å². The van der Waals surface area contributed by atoms with Crippen molar-refractivity contribution in [2.45, 2.75) is 46.1 Å². The number of rotatable bonds is 4. The fraction of sp³-hybridized carbons (Fsp3) is 0.700. The van der Waals surface area contributed by atoms with Gasteiger partial charge in [0.1, 0.15) is 5.82 Å². The van der Waals surface area contributed by atoms with E-state index in [4.69, 9.17) is 0 Å². The molecule has 0 radical (unpaired) electrons. The summed E-state index contributed by atoms with van der Waals surface area (Å²) in [7, 11) is 0. The molecule has 0 N–H and O–H groups in total. The molecule has 0 fully saturated rings. The predicted octanol–water partition coefficient (Wildman–Crippen LogP) is 2.94. The number of nitrogens with zero attached hydrogens (tertiary/aromatic N) is 2. The van der Waals surface area contributed by atoms with Crippen molar-refractivity contribution in [2.24, 2.45) is 0 Å². The summed E-state index contributed by atoms with van der Waals surface area (Å²) in [6.45, 7) is 6.53. The second-order valence-electron chi connectivity index (χ2n) is 3.23. The summed E-state index contributed by atoms with van der Waals surface area (Å²) >= 11 is 0. The number of imidazole rings is 1. The van der Waals surface area contributed by atoms with Crippen molar-refractivity contribution in [1.82, 2.24) is 9.55 Å². The molecule has 1 unspecified atom stereocenters. The molecule has 0 saturated carbocycles. The van der Waals surface area contributed by atoms with Crippen molar-refractivity contribution in [2.75, 3.05) is 0 Å². The monoisotopic (exact) mass is 166 g/mol. The summed E-state index contributed by atoms with van der Waals surface area (Å²) in [5.74, 6) is 1.13. The fourth-order valence-corrected chi connectivity index (χ4v) is 1.65. The standard InChI is InChI=1S/C10H18N2/c1-4-6-10(5-2)12-8-7-11-9(12)3/h7-8,10H,4-6H2,1-3H3. The molecule has 0 spiro atoms. The maximum absolute atomic E-state index is 4.23. The molecule has 2 heteroatoms. The molecule has 0 aliphatic rings. The lowest BCUT2D eigenvalue weighted by molar-refractivity contribution is 0.439. The molecule has 1 heterocycles. The molecule has 1 rings (SSSR count). The molecule has 0 saturated heterocycles. The quantitative estimate of drug-likeness (QED) is 0.672. The molecule has 0 aliphatic carbocycles. The van der Waals surface area contributed by atoms with E-state index < -0.39 is 0 Å². The van der Waals surface area contributed by atoms with Gasteiger partial charge in [-0.15, -0.1) is 0 Å². The van der Waals surface area contributed by atoms with Crippen LogP contribution < -0.4 is 0 Å². The summed E-state index contributed by atoms with van der Waals surface area (Å²) in [6, 6.07) is 0.650. The molecular formula is C10H18N2. The minimum absolute atomic E-state index is 0.650. The summed E-state index contributed by atoms with van der Waals surface area (Å²) < 4.78 is 2.28. The smallest absolute Gasteiger partial charge is 0.105 e. The Hall–Kier alpha value is -0.790. The first-order valence-corrected chi connectivity index (χ1v) is 4.79. The van der Waals surface area contributed by atoms with Crippen LogP contribution in [0.5, 0.6) is 0 Å². The van der Waals surface area contributed by atoms with Crippen molar-refractivity contribution in [3.05, 3.63) is 18.2 Å². The molecule has 68 valence electrons. The zero-order valence-corrected chi connectivity index (χ0v) is 8.25. The molecule has 0 aromatic carbocycles. The van der Waals surface area contributed by atoms with Gasteiger partial charge in [-0.05, 0) is 19.8 Å². The van der Waals surface area contributed by atoms with Crippen LogP contribution in [0.4, 0.5) is 0 Å². The van der Waals surface area contributed by atoms with E-state index in [0.717, 1.165) is 5.82 Å². The average Bonchev–Trinajstić information content (AvgIpc) is 2.47. The highest BCUT2D eigenvalue weighted by Gasteiger charge is 2.08. The van der Waals surface area contributed by atoms with Gasteiger partial charge in [-0.1, -0.05) is 20.3 Å². The van der Waals surface area contributed by atoms with Gasteiger partial charge in [-0.3, -0.25) is 0 Å². The summed E-state index contributed by atoms with van der Waals surface area (Å²) in [5, 5.41) is 0. The highest BCUT2D eigenvalue weighted by atomic mass is 15.1. The van der Waals surface area contributed by atoms with E-state index in [2.05, 4.69) is 36.5 Å². The Balaban J connectivity index is 2.72. The van der Waals surface area contributed by atoms with E-state index in [1.165, 1.54) is 19.3 Å².